The third-order valence-electron chi connectivity index (χ3n) is 3.90. The average Bonchev–Trinajstić information content (AvgIpc) is 2.92. The molecule has 2 N–H and O–H groups in total. The molecule has 2 atom stereocenters. The van der Waals surface area contributed by atoms with Gasteiger partial charge in [0.15, 0.2) is 5.96 Å². The molecule has 6 heteroatoms. The topological polar surface area (TPSA) is 44.9 Å². The predicted octanol–water partition coefficient (Wildman–Crippen LogP) is 3.02. The zero-order valence-electron chi connectivity index (χ0n) is 13.2. The van der Waals surface area contributed by atoms with Gasteiger partial charge in [-0.05, 0) is 44.3 Å². The summed E-state index contributed by atoms with van der Waals surface area (Å²) in [6, 6.07) is 4.58. The van der Waals surface area contributed by atoms with E-state index in [2.05, 4.69) is 53.3 Å². The number of halogens is 1. The van der Waals surface area contributed by atoms with Gasteiger partial charge >= 0.3 is 0 Å². The van der Waals surface area contributed by atoms with Crippen LogP contribution in [0.4, 0.5) is 0 Å². The highest BCUT2D eigenvalue weighted by atomic mass is 127. The van der Waals surface area contributed by atoms with Gasteiger partial charge in [0, 0.05) is 18.0 Å². The molecule has 0 saturated carbocycles. The number of hydrogen-bond donors (Lipinski definition) is 1. The summed E-state index contributed by atoms with van der Waals surface area (Å²) in [5, 5.41) is 2.12. The Kier molecular flexibility index (Phi) is 7.97. The van der Waals surface area contributed by atoms with Crippen molar-refractivity contribution in [1.82, 2.24) is 9.80 Å². The van der Waals surface area contributed by atoms with Crippen molar-refractivity contribution in [2.45, 2.75) is 25.8 Å². The molecular formula is C15H27IN4S. The van der Waals surface area contributed by atoms with Gasteiger partial charge in [0.25, 0.3) is 0 Å². The first-order valence-electron chi connectivity index (χ1n) is 7.32. The first-order valence-corrected chi connectivity index (χ1v) is 8.20. The largest absolute Gasteiger partial charge is 0.370 e. The number of nitrogens with zero attached hydrogens (tertiary/aromatic N) is 3. The zero-order valence-corrected chi connectivity index (χ0v) is 16.3. The van der Waals surface area contributed by atoms with Crippen molar-refractivity contribution in [2.75, 3.05) is 33.7 Å². The van der Waals surface area contributed by atoms with Crippen LogP contribution in [0, 0.1) is 5.92 Å². The summed E-state index contributed by atoms with van der Waals surface area (Å²) in [7, 11) is 4.19. The first kappa shape index (κ1) is 18.7. The number of nitrogens with two attached hydrogens (primary N) is 1. The molecular weight excluding hydrogens is 395 g/mol. The number of thiophene rings is 1. The molecule has 1 aliphatic rings. The number of guanidine groups is 1. The van der Waals surface area contributed by atoms with Crippen LogP contribution in [0.15, 0.2) is 22.5 Å². The van der Waals surface area contributed by atoms with E-state index in [1.807, 2.05) is 0 Å². The second kappa shape index (κ2) is 8.95. The van der Waals surface area contributed by atoms with Crippen LogP contribution in [0.3, 0.4) is 0 Å². The minimum atomic E-state index is 0. The molecule has 4 nitrogen and oxygen atoms in total. The highest BCUT2D eigenvalue weighted by Gasteiger charge is 2.19. The molecule has 2 rings (SSSR count). The molecule has 0 amide bonds. The van der Waals surface area contributed by atoms with E-state index in [0.717, 1.165) is 25.6 Å². The van der Waals surface area contributed by atoms with Crippen molar-refractivity contribution in [3.63, 3.8) is 0 Å². The molecule has 1 aromatic rings. The van der Waals surface area contributed by atoms with Gasteiger partial charge < -0.3 is 15.5 Å². The fourth-order valence-electron chi connectivity index (χ4n) is 2.67. The Hall–Kier alpha value is -0.340. The summed E-state index contributed by atoms with van der Waals surface area (Å²) in [6.45, 7) is 5.10. The predicted molar refractivity (Wildman–Crippen MR) is 103 cm³/mol. The van der Waals surface area contributed by atoms with Crippen LogP contribution in [0.25, 0.3) is 0 Å². The van der Waals surface area contributed by atoms with Crippen LogP contribution < -0.4 is 5.73 Å². The molecule has 21 heavy (non-hydrogen) atoms. The summed E-state index contributed by atoms with van der Waals surface area (Å²) in [5.41, 5.74) is 6.17. The fourth-order valence-corrected chi connectivity index (χ4v) is 3.58. The van der Waals surface area contributed by atoms with Gasteiger partial charge in [-0.2, -0.15) is 0 Å². The van der Waals surface area contributed by atoms with E-state index in [4.69, 9.17) is 5.73 Å². The number of likely N-dealkylation sites (N-methyl/N-ethyl adjacent to an activating group) is 1. The summed E-state index contributed by atoms with van der Waals surface area (Å²) < 4.78 is 0. The lowest BCUT2D eigenvalue weighted by Crippen LogP contribution is -2.43. The van der Waals surface area contributed by atoms with Crippen molar-refractivity contribution < 1.29 is 0 Å². The number of piperidine rings is 1. The highest BCUT2D eigenvalue weighted by Crippen LogP contribution is 2.23. The van der Waals surface area contributed by atoms with E-state index in [1.54, 1.807) is 11.3 Å². The quantitative estimate of drug-likeness (QED) is 0.461. The Morgan fingerprint density at radius 1 is 1.57 bits per heavy atom. The summed E-state index contributed by atoms with van der Waals surface area (Å²) in [4.78, 5) is 10.4. The maximum atomic E-state index is 6.17. The molecule has 0 bridgehead atoms. The van der Waals surface area contributed by atoms with Crippen LogP contribution in [-0.4, -0.2) is 49.5 Å². The SMILES string of the molecule is CC1CCCN(C(N)=NCC(c2cccs2)N(C)C)C1.I. The maximum Gasteiger partial charge on any atom is 0.191 e. The molecule has 1 saturated heterocycles. The van der Waals surface area contributed by atoms with Gasteiger partial charge in [-0.25, -0.2) is 0 Å². The van der Waals surface area contributed by atoms with E-state index in [1.165, 1.54) is 17.7 Å². The van der Waals surface area contributed by atoms with E-state index in [0.29, 0.717) is 12.0 Å². The second-order valence-corrected chi connectivity index (χ2v) is 6.87. The molecule has 2 unspecified atom stereocenters. The smallest absolute Gasteiger partial charge is 0.191 e. The highest BCUT2D eigenvalue weighted by molar-refractivity contribution is 14.0. The molecule has 0 radical (unpaired) electrons. The van der Waals surface area contributed by atoms with Crippen LogP contribution >= 0.6 is 35.3 Å². The van der Waals surface area contributed by atoms with E-state index in [-0.39, 0.29) is 24.0 Å². The Morgan fingerprint density at radius 3 is 2.90 bits per heavy atom. The monoisotopic (exact) mass is 422 g/mol. The fraction of sp³-hybridized carbons (Fsp3) is 0.667. The molecule has 0 spiro atoms. The van der Waals surface area contributed by atoms with Gasteiger partial charge in [0.1, 0.15) is 0 Å². The summed E-state index contributed by atoms with van der Waals surface area (Å²) in [6.07, 6.45) is 2.53. The molecule has 1 fully saturated rings. The van der Waals surface area contributed by atoms with Crippen LogP contribution in [0.1, 0.15) is 30.7 Å². The molecule has 1 aliphatic heterocycles. The van der Waals surface area contributed by atoms with Crippen molar-refractivity contribution in [3.05, 3.63) is 22.4 Å². The van der Waals surface area contributed by atoms with Crippen molar-refractivity contribution in [3.8, 4) is 0 Å². The Bertz CT molecular complexity index is 433. The third kappa shape index (κ3) is 5.41. The first-order chi connectivity index (χ1) is 9.58. The summed E-state index contributed by atoms with van der Waals surface area (Å²) in [5.74, 6) is 1.43. The number of hydrogen-bond acceptors (Lipinski definition) is 3. The lowest BCUT2D eigenvalue weighted by molar-refractivity contribution is 0.267. The Labute approximate surface area is 149 Å². The third-order valence-corrected chi connectivity index (χ3v) is 4.88. The van der Waals surface area contributed by atoms with Gasteiger partial charge in [0.05, 0.1) is 12.6 Å². The Balaban J connectivity index is 0.00000220. The molecule has 2 heterocycles. The average molecular weight is 422 g/mol. The molecule has 1 aromatic heterocycles. The second-order valence-electron chi connectivity index (χ2n) is 5.89. The molecule has 120 valence electrons. The van der Waals surface area contributed by atoms with E-state index >= 15 is 0 Å². The zero-order chi connectivity index (χ0) is 14.5. The minimum absolute atomic E-state index is 0. The maximum absolute atomic E-state index is 6.17. The number of aliphatic imine (C=N–C) groups is 1. The number of rotatable bonds is 4. The van der Waals surface area contributed by atoms with Crippen LogP contribution in [-0.2, 0) is 0 Å². The van der Waals surface area contributed by atoms with E-state index < -0.39 is 0 Å². The normalized spacial score (nSPS) is 21.2. The molecule has 0 aromatic carbocycles. The Morgan fingerprint density at radius 2 is 2.33 bits per heavy atom. The van der Waals surface area contributed by atoms with Gasteiger partial charge in [-0.1, -0.05) is 13.0 Å². The van der Waals surface area contributed by atoms with E-state index in [9.17, 15) is 0 Å². The van der Waals surface area contributed by atoms with Gasteiger partial charge in [-0.3, -0.25) is 4.99 Å². The number of likely N-dealkylation sites (tertiary alicyclic amines) is 1. The van der Waals surface area contributed by atoms with Gasteiger partial charge in [-0.15, -0.1) is 35.3 Å². The minimum Gasteiger partial charge on any atom is -0.370 e. The van der Waals surface area contributed by atoms with Crippen molar-refractivity contribution >= 4 is 41.3 Å². The van der Waals surface area contributed by atoms with Crippen molar-refractivity contribution in [2.24, 2.45) is 16.6 Å². The van der Waals surface area contributed by atoms with Crippen LogP contribution in [0.2, 0.25) is 0 Å². The van der Waals surface area contributed by atoms with Gasteiger partial charge in [0.2, 0.25) is 0 Å². The summed E-state index contributed by atoms with van der Waals surface area (Å²) >= 11 is 1.78. The standard InChI is InChI=1S/C15H26N4S.HI/c1-12-6-4-8-19(11-12)15(16)17-10-13(18(2)3)14-7-5-9-20-14;/h5,7,9,12-13H,4,6,8,10-11H2,1-3H3,(H2,16,17);1H. The van der Waals surface area contributed by atoms with Crippen molar-refractivity contribution in [1.29, 1.82) is 0 Å². The van der Waals surface area contributed by atoms with Crippen LogP contribution in [0.5, 0.6) is 0 Å². The lowest BCUT2D eigenvalue weighted by atomic mass is 10.0. The lowest BCUT2D eigenvalue weighted by Gasteiger charge is -2.32. The molecule has 0 aliphatic carbocycles.